The highest BCUT2D eigenvalue weighted by molar-refractivity contribution is 5.81. The van der Waals surface area contributed by atoms with Gasteiger partial charge in [0, 0.05) is 49.1 Å². The van der Waals surface area contributed by atoms with Crippen LogP contribution >= 0.6 is 0 Å². The van der Waals surface area contributed by atoms with Crippen molar-refractivity contribution in [2.45, 2.75) is 57.2 Å². The molecular formula is C22H31N7O3. The molecule has 0 radical (unpaired) electrons. The monoisotopic (exact) mass is 441 g/mol. The summed E-state index contributed by atoms with van der Waals surface area (Å²) in [5.41, 5.74) is 3.87. The fraction of sp³-hybridized carbons (Fsp3) is 0.545. The molecule has 0 spiro atoms. The van der Waals surface area contributed by atoms with Crippen LogP contribution in [0.1, 0.15) is 44.2 Å². The number of aromatic nitrogens is 5. The number of carbonyl (C=O) groups is 1. The van der Waals surface area contributed by atoms with Crippen molar-refractivity contribution < 1.29 is 14.6 Å². The van der Waals surface area contributed by atoms with Crippen molar-refractivity contribution in [2.75, 3.05) is 26.1 Å². The first kappa shape index (κ1) is 22.2. The Morgan fingerprint density at radius 3 is 2.81 bits per heavy atom. The molecule has 4 rings (SSSR count). The van der Waals surface area contributed by atoms with E-state index in [4.69, 9.17) is 9.84 Å². The minimum Gasteiger partial charge on any atom is -0.393 e. The van der Waals surface area contributed by atoms with Gasteiger partial charge >= 0.3 is 0 Å². The van der Waals surface area contributed by atoms with Gasteiger partial charge < -0.3 is 20.5 Å². The second kappa shape index (κ2) is 9.66. The lowest BCUT2D eigenvalue weighted by Crippen LogP contribution is -2.23. The Bertz CT molecular complexity index is 1070. The fourth-order valence-corrected chi connectivity index (χ4v) is 4.30. The molecule has 10 heteroatoms. The maximum atomic E-state index is 11.7. The van der Waals surface area contributed by atoms with Crippen molar-refractivity contribution in [1.29, 1.82) is 0 Å². The fourth-order valence-electron chi connectivity index (χ4n) is 4.30. The van der Waals surface area contributed by atoms with Crippen molar-refractivity contribution in [3.63, 3.8) is 0 Å². The number of methoxy groups -OCH3 is 1. The van der Waals surface area contributed by atoms with Crippen LogP contribution in [0.2, 0.25) is 0 Å². The van der Waals surface area contributed by atoms with Crippen LogP contribution in [0.3, 0.4) is 0 Å². The number of aliphatic hydroxyl groups excluding tert-OH is 1. The average molecular weight is 442 g/mol. The van der Waals surface area contributed by atoms with Crippen LogP contribution in [0.4, 0.5) is 5.95 Å². The van der Waals surface area contributed by atoms with Gasteiger partial charge in [-0.3, -0.25) is 9.48 Å². The van der Waals surface area contributed by atoms with Gasteiger partial charge in [0.05, 0.1) is 30.6 Å². The molecule has 3 aromatic rings. The maximum absolute atomic E-state index is 11.7. The molecule has 3 N–H and O–H groups in total. The number of rotatable bonds is 8. The Morgan fingerprint density at radius 1 is 1.31 bits per heavy atom. The van der Waals surface area contributed by atoms with E-state index in [2.05, 4.69) is 26.8 Å². The number of carbonyl (C=O) groups excluding carboxylic acids is 1. The Balaban J connectivity index is 1.72. The molecule has 32 heavy (non-hydrogen) atoms. The van der Waals surface area contributed by atoms with Crippen LogP contribution in [0.15, 0.2) is 24.7 Å². The van der Waals surface area contributed by atoms with Crippen molar-refractivity contribution in [1.82, 2.24) is 29.7 Å². The molecule has 172 valence electrons. The largest absolute Gasteiger partial charge is 0.393 e. The summed E-state index contributed by atoms with van der Waals surface area (Å²) in [7, 11) is 3.28. The molecule has 1 amide bonds. The molecule has 10 nitrogen and oxygen atoms in total. The van der Waals surface area contributed by atoms with Gasteiger partial charge in [-0.15, -0.1) is 5.10 Å². The van der Waals surface area contributed by atoms with E-state index in [0.29, 0.717) is 18.5 Å². The van der Waals surface area contributed by atoms with Crippen LogP contribution < -0.4 is 10.6 Å². The van der Waals surface area contributed by atoms with Gasteiger partial charge in [-0.2, -0.15) is 5.10 Å². The number of nitrogens with one attached hydrogen (secondary N) is 2. The number of ether oxygens (including phenoxy) is 1. The van der Waals surface area contributed by atoms with E-state index < -0.39 is 0 Å². The first-order valence-electron chi connectivity index (χ1n) is 11.0. The van der Waals surface area contributed by atoms with Crippen LogP contribution in [0.25, 0.3) is 16.6 Å². The third kappa shape index (κ3) is 4.76. The summed E-state index contributed by atoms with van der Waals surface area (Å²) in [6.07, 6.45) is 8.63. The van der Waals surface area contributed by atoms with E-state index in [1.165, 1.54) is 0 Å². The standard InChI is InChI=1S/C22H31N7O3/c1-14(13-32-3)26-22-24-10-20-18(16-9-25-28(11-16)12-21(31)23-2)8-19(29(20)27-22)15-4-6-17(30)7-5-15/h8-11,14-15,17,30H,4-7,12-13H2,1-3H3,(H,23,31)(H,26,27)/t14-,15?,17?/m0/s1. The number of hydrogen-bond donors (Lipinski definition) is 3. The van der Waals surface area contributed by atoms with Crippen LogP contribution in [0, 0.1) is 0 Å². The minimum absolute atomic E-state index is 0.0729. The summed E-state index contributed by atoms with van der Waals surface area (Å²) in [5, 5.41) is 25.0. The predicted molar refractivity (Wildman–Crippen MR) is 120 cm³/mol. The van der Waals surface area contributed by atoms with Crippen LogP contribution in [-0.2, 0) is 16.1 Å². The highest BCUT2D eigenvalue weighted by Crippen LogP contribution is 2.37. The summed E-state index contributed by atoms with van der Waals surface area (Å²) in [4.78, 5) is 16.2. The van der Waals surface area contributed by atoms with Gasteiger partial charge in [0.25, 0.3) is 0 Å². The third-order valence-electron chi connectivity index (χ3n) is 5.98. The topological polar surface area (TPSA) is 119 Å². The van der Waals surface area contributed by atoms with E-state index in [1.807, 2.05) is 23.8 Å². The summed E-state index contributed by atoms with van der Waals surface area (Å²) < 4.78 is 8.79. The summed E-state index contributed by atoms with van der Waals surface area (Å²) in [5.74, 6) is 0.739. The zero-order valence-corrected chi connectivity index (χ0v) is 18.8. The molecule has 0 aromatic carbocycles. The number of anilines is 1. The Morgan fingerprint density at radius 2 is 2.09 bits per heavy atom. The lowest BCUT2D eigenvalue weighted by Gasteiger charge is -2.25. The van der Waals surface area contributed by atoms with Gasteiger partial charge in [-0.25, -0.2) is 9.50 Å². The SMILES string of the molecule is CNC(=O)Cn1cc(-c2cc(C3CCC(O)CC3)n3nc(N[C@@H](C)COC)ncc23)cn1. The zero-order chi connectivity index (χ0) is 22.7. The number of aliphatic hydroxyl groups is 1. The molecule has 1 aliphatic carbocycles. The van der Waals surface area contributed by atoms with Gasteiger partial charge in [-0.1, -0.05) is 0 Å². The highest BCUT2D eigenvalue weighted by atomic mass is 16.5. The average Bonchev–Trinajstić information content (AvgIpc) is 3.38. The number of nitrogens with zero attached hydrogens (tertiary/aromatic N) is 5. The summed E-state index contributed by atoms with van der Waals surface area (Å²) >= 11 is 0. The number of likely N-dealkylation sites (N-methyl/N-ethyl adjacent to an activating group) is 1. The second-order valence-electron chi connectivity index (χ2n) is 8.47. The number of hydrogen-bond acceptors (Lipinski definition) is 7. The van der Waals surface area contributed by atoms with Gasteiger partial charge in [-0.05, 0) is 38.7 Å². The highest BCUT2D eigenvalue weighted by Gasteiger charge is 2.26. The van der Waals surface area contributed by atoms with Crippen molar-refractivity contribution >= 4 is 17.4 Å². The molecule has 0 aliphatic heterocycles. The Labute approximate surface area is 187 Å². The van der Waals surface area contributed by atoms with Crippen molar-refractivity contribution in [2.24, 2.45) is 0 Å². The molecule has 0 bridgehead atoms. The molecule has 3 aromatic heterocycles. The molecule has 1 atom stereocenters. The second-order valence-corrected chi connectivity index (χ2v) is 8.47. The van der Waals surface area contributed by atoms with E-state index in [0.717, 1.165) is 48.0 Å². The quantitative estimate of drug-likeness (QED) is 0.488. The molecule has 1 aliphatic rings. The van der Waals surface area contributed by atoms with Crippen molar-refractivity contribution in [3.05, 3.63) is 30.4 Å². The molecule has 1 fully saturated rings. The zero-order valence-electron chi connectivity index (χ0n) is 18.8. The van der Waals surface area contributed by atoms with Crippen LogP contribution in [0.5, 0.6) is 0 Å². The number of fused-ring (bicyclic) bond motifs is 1. The molecule has 1 saturated carbocycles. The number of amides is 1. The van der Waals surface area contributed by atoms with Gasteiger partial charge in [0.1, 0.15) is 6.54 Å². The van der Waals surface area contributed by atoms with E-state index in [-0.39, 0.29) is 24.6 Å². The van der Waals surface area contributed by atoms with Crippen LogP contribution in [-0.4, -0.2) is 68.3 Å². The van der Waals surface area contributed by atoms with Gasteiger partial charge in [0.15, 0.2) is 0 Å². The first-order valence-corrected chi connectivity index (χ1v) is 11.0. The maximum Gasteiger partial charge on any atom is 0.241 e. The molecular weight excluding hydrogens is 410 g/mol. The minimum atomic E-state index is -0.221. The molecule has 3 heterocycles. The first-order chi connectivity index (χ1) is 15.5. The predicted octanol–water partition coefficient (Wildman–Crippen LogP) is 1.80. The smallest absolute Gasteiger partial charge is 0.241 e. The molecule has 0 unspecified atom stereocenters. The van der Waals surface area contributed by atoms with E-state index >= 15 is 0 Å². The summed E-state index contributed by atoms with van der Waals surface area (Å²) in [6, 6.07) is 2.22. The third-order valence-corrected chi connectivity index (χ3v) is 5.98. The van der Waals surface area contributed by atoms with E-state index in [9.17, 15) is 9.90 Å². The lowest BCUT2D eigenvalue weighted by molar-refractivity contribution is -0.121. The van der Waals surface area contributed by atoms with Crippen molar-refractivity contribution in [3.8, 4) is 11.1 Å². The Kier molecular flexibility index (Phi) is 6.71. The van der Waals surface area contributed by atoms with E-state index in [1.54, 1.807) is 25.0 Å². The normalized spacial score (nSPS) is 19.8. The molecule has 0 saturated heterocycles. The summed E-state index contributed by atoms with van der Waals surface area (Å²) in [6.45, 7) is 2.73. The lowest BCUT2D eigenvalue weighted by atomic mass is 9.85. The Hall–Kier alpha value is -2.98. The van der Waals surface area contributed by atoms with Gasteiger partial charge in [0.2, 0.25) is 11.9 Å².